The van der Waals surface area contributed by atoms with E-state index in [-0.39, 0.29) is 6.07 Å². The van der Waals surface area contributed by atoms with Crippen LogP contribution in [0.25, 0.3) is 0 Å². The van der Waals surface area contributed by atoms with Crippen LogP contribution in [0.1, 0.15) is 16.5 Å². The van der Waals surface area contributed by atoms with Gasteiger partial charge in [-0.05, 0) is 11.4 Å². The third-order valence-electron chi connectivity index (χ3n) is 2.31. The summed E-state index contributed by atoms with van der Waals surface area (Å²) in [4.78, 5) is 0.424. The fourth-order valence-corrected chi connectivity index (χ4v) is 2.21. The van der Waals surface area contributed by atoms with Crippen LogP contribution in [0.3, 0.4) is 0 Å². The molecular formula is C11H7F4NS. The van der Waals surface area contributed by atoms with Crippen molar-refractivity contribution in [2.45, 2.75) is 6.04 Å². The molecule has 2 aromatic rings. The fraction of sp³-hybridized carbons (Fsp3) is 0.0909. The molecule has 0 aliphatic carbocycles. The average Bonchev–Trinajstić information content (AvgIpc) is 2.80. The van der Waals surface area contributed by atoms with Crippen molar-refractivity contribution in [3.63, 3.8) is 0 Å². The number of halogens is 4. The van der Waals surface area contributed by atoms with Crippen molar-refractivity contribution < 1.29 is 17.6 Å². The molecule has 0 radical (unpaired) electrons. The minimum atomic E-state index is -1.45. The standard InChI is InChI=1S/C11H7F4NS/c12-5-4-6(13)10(15)8(9(5)14)11(16)7-2-1-3-17-7/h1-4,11H,16H2/t11-/m0/s1. The molecule has 0 spiro atoms. The summed E-state index contributed by atoms with van der Waals surface area (Å²) in [6, 6.07) is 2.11. The predicted octanol–water partition coefficient (Wildman–Crippen LogP) is 3.35. The Bertz CT molecular complexity index is 513. The van der Waals surface area contributed by atoms with Gasteiger partial charge in [-0.2, -0.15) is 0 Å². The van der Waals surface area contributed by atoms with Gasteiger partial charge >= 0.3 is 0 Å². The lowest BCUT2D eigenvalue weighted by Gasteiger charge is -2.13. The van der Waals surface area contributed by atoms with Gasteiger partial charge in [-0.1, -0.05) is 6.07 Å². The Morgan fingerprint density at radius 2 is 1.65 bits per heavy atom. The molecule has 0 aliphatic heterocycles. The van der Waals surface area contributed by atoms with Crippen molar-refractivity contribution in [3.05, 3.63) is 57.3 Å². The molecule has 1 aromatic heterocycles. The number of rotatable bonds is 2. The Morgan fingerprint density at radius 3 is 2.12 bits per heavy atom. The lowest BCUT2D eigenvalue weighted by atomic mass is 10.0. The van der Waals surface area contributed by atoms with Crippen LogP contribution < -0.4 is 5.73 Å². The van der Waals surface area contributed by atoms with E-state index in [2.05, 4.69) is 0 Å². The summed E-state index contributed by atoms with van der Waals surface area (Å²) in [5.74, 6) is -5.81. The predicted molar refractivity (Wildman–Crippen MR) is 56.6 cm³/mol. The van der Waals surface area contributed by atoms with Crippen LogP contribution >= 0.6 is 11.3 Å². The number of hydrogen-bond acceptors (Lipinski definition) is 2. The molecule has 90 valence electrons. The monoisotopic (exact) mass is 261 g/mol. The van der Waals surface area contributed by atoms with Crippen molar-refractivity contribution in [2.75, 3.05) is 0 Å². The van der Waals surface area contributed by atoms with Crippen LogP contribution in [0.15, 0.2) is 23.6 Å². The lowest BCUT2D eigenvalue weighted by molar-refractivity contribution is 0.434. The first-order valence-electron chi connectivity index (χ1n) is 4.64. The topological polar surface area (TPSA) is 26.0 Å². The van der Waals surface area contributed by atoms with Crippen LogP contribution in [0.5, 0.6) is 0 Å². The highest BCUT2D eigenvalue weighted by Gasteiger charge is 2.25. The van der Waals surface area contributed by atoms with Gasteiger partial charge < -0.3 is 5.73 Å². The largest absolute Gasteiger partial charge is 0.319 e. The van der Waals surface area contributed by atoms with Crippen LogP contribution in [0, 0.1) is 23.3 Å². The van der Waals surface area contributed by atoms with Gasteiger partial charge in [0.05, 0.1) is 11.6 Å². The third-order valence-corrected chi connectivity index (χ3v) is 3.26. The van der Waals surface area contributed by atoms with Gasteiger partial charge in [-0.25, -0.2) is 17.6 Å². The molecule has 0 fully saturated rings. The first-order valence-corrected chi connectivity index (χ1v) is 5.52. The molecular weight excluding hydrogens is 254 g/mol. The molecule has 0 unspecified atom stereocenters. The fourth-order valence-electron chi connectivity index (χ4n) is 1.48. The minimum absolute atomic E-state index is 0.162. The molecule has 1 aromatic carbocycles. The highest BCUT2D eigenvalue weighted by Crippen LogP contribution is 2.30. The summed E-state index contributed by atoms with van der Waals surface area (Å²) in [6.45, 7) is 0. The third kappa shape index (κ3) is 2.05. The summed E-state index contributed by atoms with van der Waals surface area (Å²) in [7, 11) is 0. The molecule has 1 nitrogen and oxygen atoms in total. The van der Waals surface area contributed by atoms with Gasteiger partial charge in [0.1, 0.15) is 0 Å². The van der Waals surface area contributed by atoms with Gasteiger partial charge in [0.15, 0.2) is 23.3 Å². The zero-order valence-electron chi connectivity index (χ0n) is 8.38. The summed E-state index contributed by atoms with van der Waals surface area (Å²) in [6.07, 6.45) is 0. The van der Waals surface area contributed by atoms with E-state index < -0.39 is 34.9 Å². The Kier molecular flexibility index (Phi) is 3.17. The normalized spacial score (nSPS) is 12.8. The highest BCUT2D eigenvalue weighted by molar-refractivity contribution is 7.10. The zero-order chi connectivity index (χ0) is 12.6. The summed E-state index contributed by atoms with van der Waals surface area (Å²) < 4.78 is 52.8. The van der Waals surface area contributed by atoms with E-state index >= 15 is 0 Å². The van der Waals surface area contributed by atoms with Crippen molar-refractivity contribution >= 4 is 11.3 Å². The van der Waals surface area contributed by atoms with E-state index in [1.165, 1.54) is 6.07 Å². The van der Waals surface area contributed by atoms with Crippen LogP contribution in [0.2, 0.25) is 0 Å². The van der Waals surface area contributed by atoms with Gasteiger partial charge in [0.25, 0.3) is 0 Å². The van der Waals surface area contributed by atoms with Crippen molar-refractivity contribution in [1.82, 2.24) is 0 Å². The van der Waals surface area contributed by atoms with E-state index in [1.54, 1.807) is 11.4 Å². The highest BCUT2D eigenvalue weighted by atomic mass is 32.1. The molecule has 0 saturated heterocycles. The first kappa shape index (κ1) is 12.1. The second-order valence-electron chi connectivity index (χ2n) is 3.37. The lowest BCUT2D eigenvalue weighted by Crippen LogP contribution is -2.16. The molecule has 6 heteroatoms. The van der Waals surface area contributed by atoms with E-state index in [1.807, 2.05) is 0 Å². The quantitative estimate of drug-likeness (QED) is 0.651. The number of nitrogens with two attached hydrogens (primary N) is 1. The Labute approximate surface area is 98.5 Å². The van der Waals surface area contributed by atoms with Gasteiger partial charge in [0, 0.05) is 10.9 Å². The van der Waals surface area contributed by atoms with Gasteiger partial charge in [-0.3, -0.25) is 0 Å². The van der Waals surface area contributed by atoms with E-state index in [0.29, 0.717) is 4.88 Å². The van der Waals surface area contributed by atoms with Crippen LogP contribution in [-0.4, -0.2) is 0 Å². The second kappa shape index (κ2) is 4.46. The molecule has 0 saturated carbocycles. The maximum Gasteiger partial charge on any atom is 0.167 e. The van der Waals surface area contributed by atoms with E-state index in [4.69, 9.17) is 5.73 Å². The van der Waals surface area contributed by atoms with Crippen LogP contribution in [0.4, 0.5) is 17.6 Å². The SMILES string of the molecule is N[C@@H](c1cccs1)c1c(F)c(F)cc(F)c1F. The van der Waals surface area contributed by atoms with E-state index in [0.717, 1.165) is 11.3 Å². The molecule has 0 bridgehead atoms. The minimum Gasteiger partial charge on any atom is -0.319 e. The van der Waals surface area contributed by atoms with Crippen molar-refractivity contribution in [3.8, 4) is 0 Å². The molecule has 1 heterocycles. The van der Waals surface area contributed by atoms with Gasteiger partial charge in [0.2, 0.25) is 0 Å². The molecule has 2 N–H and O–H groups in total. The molecule has 1 atom stereocenters. The summed E-state index contributed by atoms with van der Waals surface area (Å²) in [5.41, 5.74) is 4.81. The van der Waals surface area contributed by atoms with Gasteiger partial charge in [-0.15, -0.1) is 11.3 Å². The van der Waals surface area contributed by atoms with Crippen molar-refractivity contribution in [2.24, 2.45) is 5.73 Å². The number of benzene rings is 1. The molecule has 0 aliphatic rings. The number of hydrogen-bond donors (Lipinski definition) is 1. The molecule has 0 amide bonds. The van der Waals surface area contributed by atoms with Crippen LogP contribution in [-0.2, 0) is 0 Å². The average molecular weight is 261 g/mol. The Balaban J connectivity index is 2.59. The zero-order valence-corrected chi connectivity index (χ0v) is 9.20. The second-order valence-corrected chi connectivity index (χ2v) is 4.35. The maximum absolute atomic E-state index is 13.4. The Morgan fingerprint density at radius 1 is 1.06 bits per heavy atom. The Hall–Kier alpha value is -1.40. The maximum atomic E-state index is 13.4. The van der Waals surface area contributed by atoms with Crippen molar-refractivity contribution in [1.29, 1.82) is 0 Å². The smallest absolute Gasteiger partial charge is 0.167 e. The molecule has 2 rings (SSSR count). The van der Waals surface area contributed by atoms with E-state index in [9.17, 15) is 17.6 Å². The summed E-state index contributed by atoms with van der Waals surface area (Å²) in [5, 5.41) is 1.65. The number of thiophene rings is 1. The molecule has 17 heavy (non-hydrogen) atoms. The summed E-state index contributed by atoms with van der Waals surface area (Å²) >= 11 is 1.15. The first-order chi connectivity index (χ1) is 8.02.